The van der Waals surface area contributed by atoms with Crippen molar-refractivity contribution in [3.05, 3.63) is 11.4 Å². The van der Waals surface area contributed by atoms with Crippen LogP contribution in [0.3, 0.4) is 0 Å². The van der Waals surface area contributed by atoms with E-state index in [9.17, 15) is 9.90 Å². The second-order valence-electron chi connectivity index (χ2n) is 5.30. The lowest BCUT2D eigenvalue weighted by Crippen LogP contribution is -2.49. The van der Waals surface area contributed by atoms with E-state index in [1.165, 1.54) is 4.68 Å². The van der Waals surface area contributed by atoms with Gasteiger partial charge in [0, 0.05) is 20.1 Å². The van der Waals surface area contributed by atoms with Gasteiger partial charge in [-0.15, -0.1) is 0 Å². The number of β-amino-alcohol motifs (C(OH)–C–C–N with tert-alkyl or cyclic N) is 1. The molecule has 0 saturated carbocycles. The zero-order chi connectivity index (χ0) is 13.5. The number of nitrogens with zero attached hydrogens (tertiary/aromatic N) is 3. The Morgan fingerprint density at radius 1 is 1.56 bits per heavy atom. The molecule has 1 saturated heterocycles. The summed E-state index contributed by atoms with van der Waals surface area (Å²) in [5.74, 6) is -0.157. The first-order valence-electron chi connectivity index (χ1n) is 6.12. The molecule has 2 heterocycles. The standard InChI is InChI=1S/C12H20N4O2/c1-8-9(13)10(15(3)14-8)11(17)16-6-4-5-12(2,18)7-16/h18H,4-7,13H2,1-3H3. The minimum Gasteiger partial charge on any atom is -0.395 e. The van der Waals surface area contributed by atoms with Crippen LogP contribution in [0.5, 0.6) is 0 Å². The average molecular weight is 252 g/mol. The molecule has 1 fully saturated rings. The van der Waals surface area contributed by atoms with Gasteiger partial charge < -0.3 is 15.7 Å². The SMILES string of the molecule is Cc1nn(C)c(C(=O)N2CCCC(C)(O)C2)c1N. The minimum atomic E-state index is -0.809. The van der Waals surface area contributed by atoms with Gasteiger partial charge in [0.05, 0.1) is 17.0 Å². The molecule has 100 valence electrons. The molecular formula is C12H20N4O2. The molecule has 0 aliphatic carbocycles. The third kappa shape index (κ3) is 2.20. The zero-order valence-corrected chi connectivity index (χ0v) is 11.1. The number of aliphatic hydroxyl groups is 1. The van der Waals surface area contributed by atoms with Crippen molar-refractivity contribution in [1.29, 1.82) is 0 Å². The molecule has 6 nitrogen and oxygen atoms in total. The van der Waals surface area contributed by atoms with Crippen LogP contribution < -0.4 is 5.73 Å². The monoisotopic (exact) mass is 252 g/mol. The molecule has 1 aliphatic heterocycles. The van der Waals surface area contributed by atoms with E-state index in [1.54, 1.807) is 25.8 Å². The van der Waals surface area contributed by atoms with E-state index in [0.29, 0.717) is 30.2 Å². The number of aryl methyl sites for hydroxylation is 2. The van der Waals surface area contributed by atoms with Crippen molar-refractivity contribution in [3.8, 4) is 0 Å². The molecule has 18 heavy (non-hydrogen) atoms. The van der Waals surface area contributed by atoms with Gasteiger partial charge in [-0.05, 0) is 26.7 Å². The second-order valence-corrected chi connectivity index (χ2v) is 5.30. The number of hydrogen-bond acceptors (Lipinski definition) is 4. The van der Waals surface area contributed by atoms with Crippen LogP contribution >= 0.6 is 0 Å². The van der Waals surface area contributed by atoms with Gasteiger partial charge in [0.25, 0.3) is 5.91 Å². The van der Waals surface area contributed by atoms with Crippen LogP contribution in [0.15, 0.2) is 0 Å². The number of likely N-dealkylation sites (tertiary alicyclic amines) is 1. The number of aromatic nitrogens is 2. The minimum absolute atomic E-state index is 0.157. The topological polar surface area (TPSA) is 84.4 Å². The molecule has 1 aromatic rings. The van der Waals surface area contributed by atoms with Crippen LogP contribution in [0, 0.1) is 6.92 Å². The number of hydrogen-bond donors (Lipinski definition) is 2. The molecule has 1 atom stereocenters. The van der Waals surface area contributed by atoms with Crippen LogP contribution in [0.1, 0.15) is 35.9 Å². The van der Waals surface area contributed by atoms with Gasteiger partial charge in [-0.1, -0.05) is 0 Å². The second kappa shape index (κ2) is 4.28. The number of piperidine rings is 1. The van der Waals surface area contributed by atoms with E-state index in [1.807, 2.05) is 0 Å². The fourth-order valence-corrected chi connectivity index (χ4v) is 2.47. The summed E-state index contributed by atoms with van der Waals surface area (Å²) in [5, 5.41) is 14.2. The van der Waals surface area contributed by atoms with E-state index >= 15 is 0 Å². The van der Waals surface area contributed by atoms with E-state index in [2.05, 4.69) is 5.10 Å². The van der Waals surface area contributed by atoms with Crippen LogP contribution in [0.25, 0.3) is 0 Å². The number of nitrogen functional groups attached to an aromatic ring is 1. The predicted octanol–water partition coefficient (Wildman–Crippen LogP) is 0.298. The molecule has 1 aliphatic rings. The van der Waals surface area contributed by atoms with E-state index < -0.39 is 5.60 Å². The van der Waals surface area contributed by atoms with Crippen LogP contribution in [-0.4, -0.2) is 44.4 Å². The zero-order valence-electron chi connectivity index (χ0n) is 11.1. The summed E-state index contributed by atoms with van der Waals surface area (Å²) < 4.78 is 1.51. The maximum atomic E-state index is 12.4. The smallest absolute Gasteiger partial charge is 0.274 e. The number of rotatable bonds is 1. The molecule has 1 aromatic heterocycles. The van der Waals surface area contributed by atoms with Crippen LogP contribution in [0.2, 0.25) is 0 Å². The Balaban J connectivity index is 2.26. The highest BCUT2D eigenvalue weighted by Crippen LogP contribution is 2.24. The molecule has 2 rings (SSSR count). The quantitative estimate of drug-likeness (QED) is 0.752. The number of nitrogens with two attached hydrogens (primary N) is 1. The van der Waals surface area contributed by atoms with Crippen molar-refractivity contribution in [2.75, 3.05) is 18.8 Å². The Morgan fingerprint density at radius 2 is 2.22 bits per heavy atom. The number of carbonyl (C=O) groups is 1. The summed E-state index contributed by atoms with van der Waals surface area (Å²) in [6, 6.07) is 0. The van der Waals surface area contributed by atoms with E-state index in [4.69, 9.17) is 5.73 Å². The third-order valence-electron chi connectivity index (χ3n) is 3.43. The Morgan fingerprint density at radius 3 is 2.72 bits per heavy atom. The molecule has 0 bridgehead atoms. The Kier molecular flexibility index (Phi) is 3.06. The van der Waals surface area contributed by atoms with E-state index in [-0.39, 0.29) is 5.91 Å². The van der Waals surface area contributed by atoms with Gasteiger partial charge in [-0.2, -0.15) is 5.10 Å². The first kappa shape index (κ1) is 12.9. The highest BCUT2D eigenvalue weighted by atomic mass is 16.3. The lowest BCUT2D eigenvalue weighted by atomic mass is 9.95. The summed E-state index contributed by atoms with van der Waals surface area (Å²) in [6.07, 6.45) is 1.52. The fraction of sp³-hybridized carbons (Fsp3) is 0.667. The molecule has 0 spiro atoms. The Bertz CT molecular complexity index is 479. The Labute approximate surface area is 106 Å². The van der Waals surface area contributed by atoms with Gasteiger partial charge in [-0.3, -0.25) is 9.48 Å². The van der Waals surface area contributed by atoms with Gasteiger partial charge >= 0.3 is 0 Å². The van der Waals surface area contributed by atoms with Gasteiger partial charge in [0.1, 0.15) is 5.69 Å². The molecule has 6 heteroatoms. The van der Waals surface area contributed by atoms with Crippen LogP contribution in [-0.2, 0) is 7.05 Å². The lowest BCUT2D eigenvalue weighted by Gasteiger charge is -2.36. The molecular weight excluding hydrogens is 232 g/mol. The Hall–Kier alpha value is -1.56. The first-order valence-corrected chi connectivity index (χ1v) is 6.12. The van der Waals surface area contributed by atoms with Crippen molar-refractivity contribution in [2.24, 2.45) is 7.05 Å². The summed E-state index contributed by atoms with van der Waals surface area (Å²) >= 11 is 0. The highest BCUT2D eigenvalue weighted by Gasteiger charge is 2.33. The number of anilines is 1. The highest BCUT2D eigenvalue weighted by molar-refractivity contribution is 5.98. The summed E-state index contributed by atoms with van der Waals surface area (Å²) in [5.41, 5.74) is 6.56. The predicted molar refractivity (Wildman–Crippen MR) is 68.1 cm³/mol. The van der Waals surface area contributed by atoms with Crippen LogP contribution in [0.4, 0.5) is 5.69 Å². The summed E-state index contributed by atoms with van der Waals surface area (Å²) in [7, 11) is 1.71. The summed E-state index contributed by atoms with van der Waals surface area (Å²) in [4.78, 5) is 14.1. The molecule has 1 amide bonds. The van der Waals surface area contributed by atoms with Gasteiger partial charge in [0.15, 0.2) is 0 Å². The molecule has 0 radical (unpaired) electrons. The normalized spacial score (nSPS) is 24.3. The van der Waals surface area contributed by atoms with Crippen molar-refractivity contribution < 1.29 is 9.90 Å². The first-order chi connectivity index (χ1) is 8.32. The lowest BCUT2D eigenvalue weighted by molar-refractivity contribution is -0.0110. The van der Waals surface area contributed by atoms with Gasteiger partial charge in [-0.25, -0.2) is 0 Å². The number of carbonyl (C=O) groups excluding carboxylic acids is 1. The van der Waals surface area contributed by atoms with Gasteiger partial charge in [0.2, 0.25) is 0 Å². The van der Waals surface area contributed by atoms with Crippen molar-refractivity contribution in [1.82, 2.24) is 14.7 Å². The van der Waals surface area contributed by atoms with E-state index in [0.717, 1.165) is 12.8 Å². The van der Waals surface area contributed by atoms with Crippen molar-refractivity contribution in [2.45, 2.75) is 32.3 Å². The molecule has 0 aromatic carbocycles. The van der Waals surface area contributed by atoms with Crippen molar-refractivity contribution in [3.63, 3.8) is 0 Å². The third-order valence-corrected chi connectivity index (χ3v) is 3.43. The molecule has 1 unspecified atom stereocenters. The fourth-order valence-electron chi connectivity index (χ4n) is 2.47. The summed E-state index contributed by atoms with van der Waals surface area (Å²) in [6.45, 7) is 4.52. The average Bonchev–Trinajstić information content (AvgIpc) is 2.51. The largest absolute Gasteiger partial charge is 0.395 e. The maximum Gasteiger partial charge on any atom is 0.274 e. The maximum absolute atomic E-state index is 12.4. The number of amides is 1. The molecule has 3 N–H and O–H groups in total. The van der Waals surface area contributed by atoms with Crippen molar-refractivity contribution >= 4 is 11.6 Å².